The van der Waals surface area contributed by atoms with E-state index in [9.17, 15) is 0 Å². The van der Waals surface area contributed by atoms with Gasteiger partial charge in [0.2, 0.25) is 0 Å². The molecule has 0 bridgehead atoms. The lowest BCUT2D eigenvalue weighted by Crippen LogP contribution is -2.26. The molecular formula is C22H25ClN6O. The highest BCUT2D eigenvalue weighted by Gasteiger charge is 2.37. The Morgan fingerprint density at radius 3 is 2.67 bits per heavy atom. The molecule has 30 heavy (non-hydrogen) atoms. The number of rotatable bonds is 6. The monoisotopic (exact) mass is 424 g/mol. The zero-order chi connectivity index (χ0) is 21.3. The first-order valence-electron chi connectivity index (χ1n) is 9.95. The molecule has 0 aliphatic heterocycles. The van der Waals surface area contributed by atoms with Gasteiger partial charge in [-0.05, 0) is 43.5 Å². The maximum absolute atomic E-state index is 8.63. The molecule has 0 unspecified atom stereocenters. The largest absolute Gasteiger partial charge is 0.372 e. The van der Waals surface area contributed by atoms with Crippen LogP contribution >= 0.6 is 11.6 Å². The summed E-state index contributed by atoms with van der Waals surface area (Å²) in [5, 5.41) is 16.5. The second-order valence-corrected chi connectivity index (χ2v) is 8.16. The summed E-state index contributed by atoms with van der Waals surface area (Å²) in [6.45, 7) is 2.05. The number of hydrogen-bond acceptors (Lipinski definition) is 6. The van der Waals surface area contributed by atoms with Crippen LogP contribution in [0.3, 0.4) is 0 Å². The van der Waals surface area contributed by atoms with Gasteiger partial charge in [0, 0.05) is 37.7 Å². The summed E-state index contributed by atoms with van der Waals surface area (Å²) < 4.78 is 7.59. The smallest absolute Gasteiger partial charge is 0.131 e. The molecule has 0 radical (unpaired) electrons. The third-order valence-corrected chi connectivity index (χ3v) is 5.84. The van der Waals surface area contributed by atoms with Crippen molar-refractivity contribution in [3.8, 4) is 0 Å². The fourth-order valence-electron chi connectivity index (χ4n) is 4.05. The molecule has 0 atom stereocenters. The highest BCUT2D eigenvalue weighted by Crippen LogP contribution is 2.41. The van der Waals surface area contributed by atoms with Crippen LogP contribution in [0.5, 0.6) is 0 Å². The molecule has 4 rings (SSSR count). The lowest BCUT2D eigenvalue weighted by molar-refractivity contribution is -0.0123. The van der Waals surface area contributed by atoms with Gasteiger partial charge in [0.25, 0.3) is 0 Å². The molecule has 0 aromatic carbocycles. The molecule has 1 fully saturated rings. The predicted octanol–water partition coefficient (Wildman–Crippen LogP) is 4.75. The molecule has 0 amide bonds. The van der Waals surface area contributed by atoms with Crippen LogP contribution in [0.1, 0.15) is 48.1 Å². The molecule has 1 aliphatic rings. The molecule has 8 heteroatoms. The van der Waals surface area contributed by atoms with Gasteiger partial charge >= 0.3 is 0 Å². The molecule has 1 saturated carbocycles. The average molecular weight is 425 g/mol. The van der Waals surface area contributed by atoms with Gasteiger partial charge in [-0.3, -0.25) is 10.1 Å². The van der Waals surface area contributed by atoms with E-state index in [1.165, 1.54) is 0 Å². The molecule has 3 heterocycles. The van der Waals surface area contributed by atoms with Crippen molar-refractivity contribution in [3.63, 3.8) is 0 Å². The van der Waals surface area contributed by atoms with E-state index in [0.717, 1.165) is 36.9 Å². The Bertz CT molecular complexity index is 1090. The molecule has 1 aliphatic carbocycles. The molecule has 156 valence electrons. The Balaban J connectivity index is 1.71. The quantitative estimate of drug-likeness (QED) is 0.440. The fourth-order valence-corrected chi connectivity index (χ4v) is 4.21. The molecule has 3 aromatic heterocycles. The second-order valence-electron chi connectivity index (χ2n) is 7.78. The number of aromatic nitrogens is 4. The van der Waals surface area contributed by atoms with Crippen LogP contribution in [0.25, 0.3) is 0 Å². The van der Waals surface area contributed by atoms with E-state index in [1.807, 2.05) is 20.0 Å². The van der Waals surface area contributed by atoms with E-state index in [1.54, 1.807) is 36.4 Å². The van der Waals surface area contributed by atoms with Crippen molar-refractivity contribution in [2.75, 3.05) is 12.4 Å². The number of aryl methyl sites for hydroxylation is 2. The van der Waals surface area contributed by atoms with E-state index >= 15 is 0 Å². The Labute approximate surface area is 181 Å². The number of pyridine rings is 2. The SMILES string of the molecule is COC1(c2cc(C)cc(Nc3cc(Cl)ncc3C(=N)c3cnn(C)c3)n2)CCCC1. The van der Waals surface area contributed by atoms with Gasteiger partial charge in [0.15, 0.2) is 0 Å². The molecule has 7 nitrogen and oxygen atoms in total. The molecule has 0 spiro atoms. The summed E-state index contributed by atoms with van der Waals surface area (Å²) in [5.74, 6) is 0.691. The number of hydrogen-bond donors (Lipinski definition) is 2. The number of halogens is 1. The van der Waals surface area contributed by atoms with Gasteiger partial charge in [-0.15, -0.1) is 0 Å². The summed E-state index contributed by atoms with van der Waals surface area (Å²) >= 11 is 6.17. The molecule has 2 N–H and O–H groups in total. The van der Waals surface area contributed by atoms with Gasteiger partial charge in [-0.2, -0.15) is 5.10 Å². The molecule has 3 aromatic rings. The highest BCUT2D eigenvalue weighted by molar-refractivity contribution is 6.30. The zero-order valence-electron chi connectivity index (χ0n) is 17.4. The first-order chi connectivity index (χ1) is 14.4. The fraction of sp³-hybridized carbons (Fsp3) is 0.364. The van der Waals surface area contributed by atoms with Gasteiger partial charge in [-0.25, -0.2) is 9.97 Å². The summed E-state index contributed by atoms with van der Waals surface area (Å²) in [6.07, 6.45) is 9.27. The maximum atomic E-state index is 8.63. The van der Waals surface area contributed by atoms with Crippen LogP contribution < -0.4 is 5.32 Å². The Morgan fingerprint density at radius 2 is 2.00 bits per heavy atom. The number of nitrogens with zero attached hydrogens (tertiary/aromatic N) is 4. The van der Waals surface area contributed by atoms with Crippen LogP contribution in [0.2, 0.25) is 5.15 Å². The van der Waals surface area contributed by atoms with E-state index < -0.39 is 0 Å². The minimum Gasteiger partial charge on any atom is -0.372 e. The Kier molecular flexibility index (Phi) is 5.58. The third kappa shape index (κ3) is 3.95. The number of anilines is 2. The van der Waals surface area contributed by atoms with Crippen molar-refractivity contribution in [1.29, 1.82) is 5.41 Å². The number of ether oxygens (including phenoxy) is 1. The number of nitrogens with one attached hydrogen (secondary N) is 2. The van der Waals surface area contributed by atoms with Crippen molar-refractivity contribution in [1.82, 2.24) is 19.7 Å². The Hall–Kier alpha value is -2.77. The first-order valence-corrected chi connectivity index (χ1v) is 10.3. The van der Waals surface area contributed by atoms with E-state index in [0.29, 0.717) is 33.5 Å². The zero-order valence-corrected chi connectivity index (χ0v) is 18.1. The second kappa shape index (κ2) is 8.16. The van der Waals surface area contributed by atoms with Crippen LogP contribution in [0.4, 0.5) is 11.5 Å². The summed E-state index contributed by atoms with van der Waals surface area (Å²) in [5.41, 5.74) is 4.01. The van der Waals surface area contributed by atoms with Crippen molar-refractivity contribution in [2.24, 2.45) is 7.05 Å². The Morgan fingerprint density at radius 1 is 1.23 bits per heavy atom. The lowest BCUT2D eigenvalue weighted by atomic mass is 9.95. The van der Waals surface area contributed by atoms with Gasteiger partial charge in [0.05, 0.1) is 23.3 Å². The maximum Gasteiger partial charge on any atom is 0.131 e. The highest BCUT2D eigenvalue weighted by atomic mass is 35.5. The third-order valence-electron chi connectivity index (χ3n) is 5.63. The van der Waals surface area contributed by atoms with Crippen LogP contribution in [0, 0.1) is 12.3 Å². The van der Waals surface area contributed by atoms with Crippen LogP contribution in [-0.4, -0.2) is 32.6 Å². The molecule has 0 saturated heterocycles. The lowest BCUT2D eigenvalue weighted by Gasteiger charge is -2.27. The van der Waals surface area contributed by atoms with Crippen molar-refractivity contribution in [2.45, 2.75) is 38.2 Å². The minimum absolute atomic E-state index is 0.312. The normalized spacial score (nSPS) is 15.3. The van der Waals surface area contributed by atoms with Gasteiger partial charge in [-0.1, -0.05) is 24.4 Å². The summed E-state index contributed by atoms with van der Waals surface area (Å²) in [4.78, 5) is 9.05. The standard InChI is InChI=1S/C22H25ClN6O/c1-14-8-18(22(30-3)6-4-5-7-22)28-20(9-14)27-17-10-19(23)25-12-16(17)21(24)15-11-26-29(2)13-15/h8-13,24H,4-7H2,1-3H3,(H,25,27,28). The summed E-state index contributed by atoms with van der Waals surface area (Å²) in [6, 6.07) is 5.79. The topological polar surface area (TPSA) is 88.7 Å². The first kappa shape index (κ1) is 20.5. The molecular weight excluding hydrogens is 400 g/mol. The van der Waals surface area contributed by atoms with Crippen molar-refractivity contribution >= 4 is 28.8 Å². The predicted molar refractivity (Wildman–Crippen MR) is 118 cm³/mol. The van der Waals surface area contributed by atoms with Gasteiger partial charge in [0.1, 0.15) is 16.6 Å². The number of methoxy groups -OCH3 is 1. The average Bonchev–Trinajstić information content (AvgIpc) is 3.37. The van der Waals surface area contributed by atoms with Crippen LogP contribution in [0.15, 0.2) is 36.8 Å². The van der Waals surface area contributed by atoms with Crippen LogP contribution in [-0.2, 0) is 17.4 Å². The minimum atomic E-state index is -0.330. The van der Waals surface area contributed by atoms with Crippen molar-refractivity contribution in [3.05, 3.63) is 64.3 Å². The van der Waals surface area contributed by atoms with Gasteiger partial charge < -0.3 is 10.1 Å². The van der Waals surface area contributed by atoms with E-state index in [4.69, 9.17) is 26.7 Å². The van der Waals surface area contributed by atoms with Crippen molar-refractivity contribution < 1.29 is 4.74 Å². The summed E-state index contributed by atoms with van der Waals surface area (Å²) in [7, 11) is 3.58. The van der Waals surface area contributed by atoms with E-state index in [-0.39, 0.29) is 5.60 Å². The van der Waals surface area contributed by atoms with E-state index in [2.05, 4.69) is 21.5 Å².